The van der Waals surface area contributed by atoms with E-state index < -0.39 is 0 Å². The van der Waals surface area contributed by atoms with Gasteiger partial charge in [0.25, 0.3) is 0 Å². The highest BCUT2D eigenvalue weighted by atomic mass is 16.3. The molecule has 0 rings (SSSR count). The van der Waals surface area contributed by atoms with Crippen molar-refractivity contribution in [3.05, 3.63) is 36.6 Å². The zero-order valence-electron chi connectivity index (χ0n) is 5.72. The Balaban J connectivity index is 3.71. The predicted octanol–water partition coefficient (Wildman–Crippen LogP) is 2.58. The summed E-state index contributed by atoms with van der Waals surface area (Å²) in [7, 11) is 0. The Hall–Kier alpha value is -0.980. The van der Waals surface area contributed by atoms with Crippen LogP contribution in [0.15, 0.2) is 36.6 Å². The quantitative estimate of drug-likeness (QED) is 0.453. The topological polar surface area (TPSA) is 20.2 Å². The molecule has 0 unspecified atom stereocenters. The molecule has 0 fully saturated rings. The molecule has 0 radical (unpaired) electrons. The molecule has 50 valence electrons. The van der Waals surface area contributed by atoms with E-state index >= 15 is 0 Å². The molecule has 0 saturated carbocycles. The summed E-state index contributed by atoms with van der Waals surface area (Å²) in [5, 5.41) is 8.57. The molecule has 0 aliphatic rings. The second-order valence-electron chi connectivity index (χ2n) is 1.84. The van der Waals surface area contributed by atoms with Crippen LogP contribution in [0.5, 0.6) is 0 Å². The smallest absolute Gasteiger partial charge is 0.108 e. The summed E-state index contributed by atoms with van der Waals surface area (Å²) >= 11 is 0. The monoisotopic (exact) mass is 124 g/mol. The standard InChI is InChI=1S/C8H12O/c1-4-7(2)5-6-8(3)9/h5-6,9H,2-4H2,1H3/b6-5-. The van der Waals surface area contributed by atoms with E-state index in [1.807, 2.05) is 6.92 Å². The third-order valence-electron chi connectivity index (χ3n) is 0.966. The van der Waals surface area contributed by atoms with E-state index in [9.17, 15) is 0 Å². The minimum Gasteiger partial charge on any atom is -0.509 e. The van der Waals surface area contributed by atoms with E-state index in [-0.39, 0.29) is 5.76 Å². The summed E-state index contributed by atoms with van der Waals surface area (Å²) in [6, 6.07) is 0. The van der Waals surface area contributed by atoms with Gasteiger partial charge in [0.1, 0.15) is 5.76 Å². The molecule has 1 N–H and O–H groups in total. The van der Waals surface area contributed by atoms with Gasteiger partial charge in [0, 0.05) is 0 Å². The Bertz CT molecular complexity index is 143. The average molecular weight is 124 g/mol. The summed E-state index contributed by atoms with van der Waals surface area (Å²) in [6.45, 7) is 9.00. The Kier molecular flexibility index (Phi) is 3.52. The molecule has 0 heterocycles. The third kappa shape index (κ3) is 4.88. The van der Waals surface area contributed by atoms with E-state index in [0.717, 1.165) is 12.0 Å². The average Bonchev–Trinajstić information content (AvgIpc) is 1.83. The van der Waals surface area contributed by atoms with Crippen molar-refractivity contribution in [1.29, 1.82) is 0 Å². The molecule has 0 aromatic heterocycles. The Labute approximate surface area is 56.0 Å². The summed E-state index contributed by atoms with van der Waals surface area (Å²) in [5.74, 6) is 0.0737. The number of aliphatic hydroxyl groups excluding tert-OH is 1. The van der Waals surface area contributed by atoms with Crippen LogP contribution in [-0.2, 0) is 0 Å². The van der Waals surface area contributed by atoms with Crippen LogP contribution in [0.3, 0.4) is 0 Å². The van der Waals surface area contributed by atoms with Crippen LogP contribution in [0.2, 0.25) is 0 Å². The van der Waals surface area contributed by atoms with E-state index in [1.54, 1.807) is 6.08 Å². The zero-order valence-corrected chi connectivity index (χ0v) is 5.72. The highest BCUT2D eigenvalue weighted by Gasteiger charge is 1.80. The molecule has 0 aromatic rings. The lowest BCUT2D eigenvalue weighted by Gasteiger charge is -1.89. The van der Waals surface area contributed by atoms with Crippen LogP contribution in [-0.4, -0.2) is 5.11 Å². The molecular weight excluding hydrogens is 112 g/mol. The van der Waals surface area contributed by atoms with Crippen LogP contribution in [0.4, 0.5) is 0 Å². The minimum absolute atomic E-state index is 0.0737. The number of hydrogen-bond acceptors (Lipinski definition) is 1. The van der Waals surface area contributed by atoms with Gasteiger partial charge < -0.3 is 5.11 Å². The minimum atomic E-state index is 0.0737. The largest absolute Gasteiger partial charge is 0.509 e. The van der Waals surface area contributed by atoms with Crippen molar-refractivity contribution in [2.24, 2.45) is 0 Å². The fourth-order valence-corrected chi connectivity index (χ4v) is 0.332. The first-order valence-corrected chi connectivity index (χ1v) is 2.90. The molecule has 1 nitrogen and oxygen atoms in total. The molecule has 0 bridgehead atoms. The van der Waals surface area contributed by atoms with Gasteiger partial charge in [-0.05, 0) is 12.5 Å². The molecule has 0 spiro atoms. The number of hydrogen-bond donors (Lipinski definition) is 1. The summed E-state index contributed by atoms with van der Waals surface area (Å²) < 4.78 is 0. The van der Waals surface area contributed by atoms with Crippen molar-refractivity contribution in [2.45, 2.75) is 13.3 Å². The van der Waals surface area contributed by atoms with E-state index in [1.165, 1.54) is 6.08 Å². The second kappa shape index (κ2) is 3.96. The Morgan fingerprint density at radius 3 is 2.33 bits per heavy atom. The lowest BCUT2D eigenvalue weighted by molar-refractivity contribution is 0.435. The van der Waals surface area contributed by atoms with Gasteiger partial charge >= 0.3 is 0 Å². The maximum Gasteiger partial charge on any atom is 0.108 e. The SMILES string of the molecule is C=C(O)/C=C\C(=C)CC. The predicted molar refractivity (Wildman–Crippen MR) is 40.3 cm³/mol. The Morgan fingerprint density at radius 1 is 1.44 bits per heavy atom. The molecule has 0 aliphatic heterocycles. The van der Waals surface area contributed by atoms with E-state index in [2.05, 4.69) is 13.2 Å². The molecule has 0 aliphatic carbocycles. The van der Waals surface area contributed by atoms with Gasteiger partial charge in [-0.1, -0.05) is 31.7 Å². The van der Waals surface area contributed by atoms with Gasteiger partial charge in [0.2, 0.25) is 0 Å². The van der Waals surface area contributed by atoms with Crippen molar-refractivity contribution in [3.63, 3.8) is 0 Å². The van der Waals surface area contributed by atoms with Crippen LogP contribution < -0.4 is 0 Å². The van der Waals surface area contributed by atoms with Crippen LogP contribution in [0.1, 0.15) is 13.3 Å². The van der Waals surface area contributed by atoms with Crippen molar-refractivity contribution in [3.8, 4) is 0 Å². The zero-order chi connectivity index (χ0) is 7.28. The van der Waals surface area contributed by atoms with Gasteiger partial charge in [-0.15, -0.1) is 0 Å². The molecule has 1 heteroatoms. The molecule has 0 atom stereocenters. The summed E-state index contributed by atoms with van der Waals surface area (Å²) in [6.07, 6.45) is 4.19. The maximum absolute atomic E-state index is 8.57. The van der Waals surface area contributed by atoms with Gasteiger partial charge in [-0.25, -0.2) is 0 Å². The molecule has 0 aromatic carbocycles. The van der Waals surface area contributed by atoms with E-state index in [4.69, 9.17) is 5.11 Å². The van der Waals surface area contributed by atoms with Crippen LogP contribution >= 0.6 is 0 Å². The summed E-state index contributed by atoms with van der Waals surface area (Å²) in [5.41, 5.74) is 0.991. The fraction of sp³-hybridized carbons (Fsp3) is 0.250. The van der Waals surface area contributed by atoms with Gasteiger partial charge in [0.15, 0.2) is 0 Å². The van der Waals surface area contributed by atoms with Gasteiger partial charge in [0.05, 0.1) is 0 Å². The lowest BCUT2D eigenvalue weighted by Crippen LogP contribution is -1.71. The van der Waals surface area contributed by atoms with Crippen LogP contribution in [0, 0.1) is 0 Å². The van der Waals surface area contributed by atoms with Gasteiger partial charge in [-0.3, -0.25) is 0 Å². The number of aliphatic hydroxyl groups is 1. The molecule has 0 amide bonds. The second-order valence-corrected chi connectivity index (χ2v) is 1.84. The normalized spacial score (nSPS) is 9.89. The van der Waals surface area contributed by atoms with Crippen molar-refractivity contribution >= 4 is 0 Å². The van der Waals surface area contributed by atoms with Crippen LogP contribution in [0.25, 0.3) is 0 Å². The first-order chi connectivity index (χ1) is 4.16. The molecule has 9 heavy (non-hydrogen) atoms. The van der Waals surface area contributed by atoms with Gasteiger partial charge in [-0.2, -0.15) is 0 Å². The number of rotatable bonds is 3. The first kappa shape index (κ1) is 8.02. The van der Waals surface area contributed by atoms with Crippen molar-refractivity contribution in [2.75, 3.05) is 0 Å². The highest BCUT2D eigenvalue weighted by molar-refractivity contribution is 5.19. The van der Waals surface area contributed by atoms with E-state index in [0.29, 0.717) is 0 Å². The summed E-state index contributed by atoms with van der Waals surface area (Å²) in [4.78, 5) is 0. The highest BCUT2D eigenvalue weighted by Crippen LogP contribution is 1.99. The van der Waals surface area contributed by atoms with Crippen molar-refractivity contribution < 1.29 is 5.11 Å². The first-order valence-electron chi connectivity index (χ1n) is 2.90. The van der Waals surface area contributed by atoms with Crippen molar-refractivity contribution in [1.82, 2.24) is 0 Å². The third-order valence-corrected chi connectivity index (χ3v) is 0.966. The Morgan fingerprint density at radius 2 is 2.00 bits per heavy atom. The maximum atomic E-state index is 8.57. The lowest BCUT2D eigenvalue weighted by atomic mass is 10.2. The molecule has 0 saturated heterocycles. The molecular formula is C8H12O. The number of allylic oxidation sites excluding steroid dienone is 3. The fourth-order valence-electron chi connectivity index (χ4n) is 0.332.